The van der Waals surface area contributed by atoms with Crippen LogP contribution in [-0.4, -0.2) is 21.6 Å². The highest BCUT2D eigenvalue weighted by molar-refractivity contribution is 7.89. The van der Waals surface area contributed by atoms with Crippen molar-refractivity contribution in [1.29, 1.82) is 0 Å². The molecule has 0 aliphatic heterocycles. The maximum Gasteiger partial charge on any atom is 0.241 e. The van der Waals surface area contributed by atoms with Gasteiger partial charge in [-0.1, -0.05) is 30.3 Å². The Hall–Kier alpha value is -2.05. The molecule has 1 aliphatic carbocycles. The Balaban J connectivity index is 1.88. The smallest absolute Gasteiger partial charge is 0.241 e. The molecule has 0 amide bonds. The Bertz CT molecular complexity index is 832. The zero-order valence-electron chi connectivity index (χ0n) is 15.1. The second-order valence-electron chi connectivity index (χ2n) is 6.32. The molecule has 1 unspecified atom stereocenters. The van der Waals surface area contributed by atoms with Crippen molar-refractivity contribution >= 4 is 10.0 Å². The predicted molar refractivity (Wildman–Crippen MR) is 101 cm³/mol. The molecule has 140 valence electrons. The quantitative estimate of drug-likeness (QED) is 0.722. The standard InChI is InChI=1S/C20H25NO4S/c1-3-24-18-13-12-17(14-19(18)25-4-2)26(22,23)21-20(16-10-11-16)15-8-6-5-7-9-15/h5-9,12-14,16,20-21H,3-4,10-11H2,1-2H3. The van der Waals surface area contributed by atoms with E-state index in [1.165, 1.54) is 6.07 Å². The lowest BCUT2D eigenvalue weighted by Gasteiger charge is -2.19. The summed E-state index contributed by atoms with van der Waals surface area (Å²) in [6.45, 7) is 4.66. The van der Waals surface area contributed by atoms with E-state index in [4.69, 9.17) is 9.47 Å². The fourth-order valence-corrected chi connectivity index (χ4v) is 4.27. The second kappa shape index (κ2) is 8.10. The van der Waals surface area contributed by atoms with Crippen molar-refractivity contribution in [3.05, 3.63) is 54.1 Å². The Kier molecular flexibility index (Phi) is 5.84. The average Bonchev–Trinajstić information content (AvgIpc) is 3.47. The van der Waals surface area contributed by atoms with Crippen molar-refractivity contribution < 1.29 is 17.9 Å². The molecule has 1 aliphatic rings. The second-order valence-corrected chi connectivity index (χ2v) is 8.04. The molecule has 0 bridgehead atoms. The number of hydrogen-bond acceptors (Lipinski definition) is 4. The van der Waals surface area contributed by atoms with Crippen LogP contribution in [0.2, 0.25) is 0 Å². The maximum atomic E-state index is 13.0. The predicted octanol–water partition coefficient (Wildman–Crippen LogP) is 3.91. The minimum absolute atomic E-state index is 0.186. The molecule has 2 aromatic rings. The highest BCUT2D eigenvalue weighted by atomic mass is 32.2. The van der Waals surface area contributed by atoms with Crippen LogP contribution in [0, 0.1) is 5.92 Å². The number of benzene rings is 2. The van der Waals surface area contributed by atoms with Gasteiger partial charge in [0.25, 0.3) is 0 Å². The highest BCUT2D eigenvalue weighted by Crippen LogP contribution is 2.42. The normalized spacial score (nSPS) is 15.5. The zero-order valence-corrected chi connectivity index (χ0v) is 16.0. The van der Waals surface area contributed by atoms with Crippen LogP contribution in [0.25, 0.3) is 0 Å². The molecule has 26 heavy (non-hydrogen) atoms. The highest BCUT2D eigenvalue weighted by Gasteiger charge is 2.35. The fourth-order valence-electron chi connectivity index (χ4n) is 2.96. The van der Waals surface area contributed by atoms with Crippen LogP contribution in [-0.2, 0) is 10.0 Å². The van der Waals surface area contributed by atoms with Gasteiger partial charge in [-0.25, -0.2) is 13.1 Å². The van der Waals surface area contributed by atoms with E-state index in [-0.39, 0.29) is 10.9 Å². The molecule has 1 atom stereocenters. The van der Waals surface area contributed by atoms with Gasteiger partial charge in [0.05, 0.1) is 18.1 Å². The zero-order chi connectivity index (χ0) is 18.6. The van der Waals surface area contributed by atoms with Crippen LogP contribution in [0.1, 0.15) is 38.3 Å². The molecule has 3 rings (SSSR count). The monoisotopic (exact) mass is 375 g/mol. The summed E-state index contributed by atoms with van der Waals surface area (Å²) in [5.74, 6) is 1.34. The van der Waals surface area contributed by atoms with E-state index in [0.717, 1.165) is 18.4 Å². The SMILES string of the molecule is CCOc1ccc(S(=O)(=O)NC(c2ccccc2)C2CC2)cc1OCC. The van der Waals surface area contributed by atoms with Crippen LogP contribution < -0.4 is 14.2 Å². The Morgan fingerprint density at radius 2 is 1.65 bits per heavy atom. The lowest BCUT2D eigenvalue weighted by atomic mass is 10.0. The van der Waals surface area contributed by atoms with Gasteiger partial charge in [-0.3, -0.25) is 0 Å². The summed E-state index contributed by atoms with van der Waals surface area (Å²) in [7, 11) is -3.67. The first-order valence-corrected chi connectivity index (χ1v) is 10.5. The maximum absolute atomic E-state index is 13.0. The van der Waals surface area contributed by atoms with E-state index < -0.39 is 10.0 Å². The average molecular weight is 375 g/mol. The molecule has 0 spiro atoms. The third-order valence-electron chi connectivity index (χ3n) is 4.36. The Labute approximate surface area is 155 Å². The van der Waals surface area contributed by atoms with Crippen molar-refractivity contribution in [2.75, 3.05) is 13.2 Å². The first-order chi connectivity index (χ1) is 12.5. The molecule has 1 saturated carbocycles. The molecular weight excluding hydrogens is 350 g/mol. The lowest BCUT2D eigenvalue weighted by molar-refractivity contribution is 0.287. The number of sulfonamides is 1. The topological polar surface area (TPSA) is 64.6 Å². The summed E-state index contributed by atoms with van der Waals surface area (Å²) < 4.78 is 39.9. The van der Waals surface area contributed by atoms with Gasteiger partial charge in [0.1, 0.15) is 0 Å². The van der Waals surface area contributed by atoms with Crippen LogP contribution in [0.15, 0.2) is 53.4 Å². The fraction of sp³-hybridized carbons (Fsp3) is 0.400. The molecule has 0 aromatic heterocycles. The number of nitrogens with one attached hydrogen (secondary N) is 1. The lowest BCUT2D eigenvalue weighted by Crippen LogP contribution is -2.30. The van der Waals surface area contributed by atoms with E-state index in [1.807, 2.05) is 44.2 Å². The minimum Gasteiger partial charge on any atom is -0.490 e. The molecule has 1 fully saturated rings. The first-order valence-electron chi connectivity index (χ1n) is 9.02. The summed E-state index contributed by atoms with van der Waals surface area (Å²) in [5.41, 5.74) is 0.995. The third-order valence-corrected chi connectivity index (χ3v) is 5.80. The molecular formula is C20H25NO4S. The number of rotatable bonds is 9. The summed E-state index contributed by atoms with van der Waals surface area (Å²) >= 11 is 0. The van der Waals surface area contributed by atoms with Gasteiger partial charge in [-0.15, -0.1) is 0 Å². The van der Waals surface area contributed by atoms with Crippen molar-refractivity contribution in [3.8, 4) is 11.5 Å². The van der Waals surface area contributed by atoms with Crippen molar-refractivity contribution in [2.45, 2.75) is 37.6 Å². The van der Waals surface area contributed by atoms with E-state index in [0.29, 0.717) is 30.6 Å². The molecule has 5 nitrogen and oxygen atoms in total. The molecule has 0 saturated heterocycles. The number of hydrogen-bond donors (Lipinski definition) is 1. The molecule has 6 heteroatoms. The summed E-state index contributed by atoms with van der Waals surface area (Å²) in [4.78, 5) is 0.186. The van der Waals surface area contributed by atoms with E-state index in [9.17, 15) is 8.42 Å². The largest absolute Gasteiger partial charge is 0.490 e. The van der Waals surface area contributed by atoms with Crippen LogP contribution in [0.4, 0.5) is 0 Å². The Morgan fingerprint density at radius 3 is 2.27 bits per heavy atom. The van der Waals surface area contributed by atoms with Crippen LogP contribution >= 0.6 is 0 Å². The van der Waals surface area contributed by atoms with Crippen molar-refractivity contribution in [2.24, 2.45) is 5.92 Å². The van der Waals surface area contributed by atoms with Gasteiger partial charge in [-0.2, -0.15) is 0 Å². The first kappa shape index (κ1) is 18.7. The van der Waals surface area contributed by atoms with E-state index >= 15 is 0 Å². The number of ether oxygens (including phenoxy) is 2. The van der Waals surface area contributed by atoms with Gasteiger partial charge in [0.2, 0.25) is 10.0 Å². The summed E-state index contributed by atoms with van der Waals surface area (Å²) in [5, 5.41) is 0. The molecule has 0 radical (unpaired) electrons. The molecule has 2 aromatic carbocycles. The van der Waals surface area contributed by atoms with Gasteiger partial charge >= 0.3 is 0 Å². The Morgan fingerprint density at radius 1 is 1.00 bits per heavy atom. The molecule has 0 heterocycles. The van der Waals surface area contributed by atoms with E-state index in [1.54, 1.807) is 12.1 Å². The van der Waals surface area contributed by atoms with Crippen LogP contribution in [0.3, 0.4) is 0 Å². The van der Waals surface area contributed by atoms with Gasteiger partial charge in [0, 0.05) is 12.1 Å². The van der Waals surface area contributed by atoms with Crippen LogP contribution in [0.5, 0.6) is 11.5 Å². The van der Waals surface area contributed by atoms with Gasteiger partial charge in [0.15, 0.2) is 11.5 Å². The minimum atomic E-state index is -3.67. The van der Waals surface area contributed by atoms with Crippen molar-refractivity contribution in [3.63, 3.8) is 0 Å². The summed E-state index contributed by atoms with van der Waals surface area (Å²) in [6.07, 6.45) is 2.07. The summed E-state index contributed by atoms with van der Waals surface area (Å²) in [6, 6.07) is 14.3. The third kappa shape index (κ3) is 4.37. The van der Waals surface area contributed by atoms with E-state index in [2.05, 4.69) is 4.72 Å². The van der Waals surface area contributed by atoms with Gasteiger partial charge < -0.3 is 9.47 Å². The van der Waals surface area contributed by atoms with Gasteiger partial charge in [-0.05, 0) is 50.3 Å². The molecule has 1 N–H and O–H groups in total. The van der Waals surface area contributed by atoms with Crippen molar-refractivity contribution in [1.82, 2.24) is 4.72 Å².